The van der Waals surface area contributed by atoms with Gasteiger partial charge in [-0.1, -0.05) is 36.7 Å². The number of nitrogens with zero attached hydrogens (tertiary/aromatic N) is 1. The van der Waals surface area contributed by atoms with E-state index in [1.807, 2.05) is 31.3 Å². The molecule has 1 heterocycles. The van der Waals surface area contributed by atoms with Crippen molar-refractivity contribution >= 4 is 11.6 Å². The first-order chi connectivity index (χ1) is 9.63. The third kappa shape index (κ3) is 3.35. The monoisotopic (exact) mass is 292 g/mol. The zero-order valence-corrected chi connectivity index (χ0v) is 12.4. The van der Waals surface area contributed by atoms with Crippen molar-refractivity contribution < 1.29 is 4.39 Å². The number of pyridine rings is 1. The first kappa shape index (κ1) is 14.9. The summed E-state index contributed by atoms with van der Waals surface area (Å²) >= 11 is 6.11. The molecule has 0 aliphatic heterocycles. The van der Waals surface area contributed by atoms with Gasteiger partial charge in [-0.25, -0.2) is 4.39 Å². The summed E-state index contributed by atoms with van der Waals surface area (Å²) in [5.74, 6) is -0.396. The van der Waals surface area contributed by atoms with E-state index in [-0.39, 0.29) is 11.1 Å². The van der Waals surface area contributed by atoms with E-state index in [2.05, 4.69) is 17.2 Å². The maximum atomic E-state index is 13.7. The van der Waals surface area contributed by atoms with Crippen LogP contribution < -0.4 is 5.32 Å². The summed E-state index contributed by atoms with van der Waals surface area (Å²) in [7, 11) is 0. The molecule has 0 saturated heterocycles. The van der Waals surface area contributed by atoms with Crippen molar-refractivity contribution in [2.75, 3.05) is 6.54 Å². The average Bonchev–Trinajstić information content (AvgIpc) is 2.45. The Morgan fingerprint density at radius 2 is 2.10 bits per heavy atom. The van der Waals surface area contributed by atoms with Crippen LogP contribution in [0.25, 0.3) is 0 Å². The lowest BCUT2D eigenvalue weighted by Crippen LogP contribution is -2.23. The van der Waals surface area contributed by atoms with Crippen molar-refractivity contribution in [3.8, 4) is 0 Å². The van der Waals surface area contributed by atoms with Crippen LogP contribution in [-0.2, 0) is 0 Å². The van der Waals surface area contributed by atoms with Gasteiger partial charge in [-0.2, -0.15) is 0 Å². The molecule has 2 rings (SSSR count). The molecular formula is C16H18ClFN2. The van der Waals surface area contributed by atoms with Gasteiger partial charge < -0.3 is 5.32 Å². The molecule has 1 atom stereocenters. The van der Waals surface area contributed by atoms with Crippen LogP contribution in [0.3, 0.4) is 0 Å². The van der Waals surface area contributed by atoms with E-state index in [4.69, 9.17) is 11.6 Å². The van der Waals surface area contributed by atoms with Gasteiger partial charge in [-0.05, 0) is 43.1 Å². The van der Waals surface area contributed by atoms with Gasteiger partial charge >= 0.3 is 0 Å². The van der Waals surface area contributed by atoms with Gasteiger partial charge in [0.05, 0.1) is 11.1 Å². The Hall–Kier alpha value is -1.45. The number of nitrogens with one attached hydrogen (secondary N) is 1. The van der Waals surface area contributed by atoms with Gasteiger partial charge in [-0.15, -0.1) is 0 Å². The van der Waals surface area contributed by atoms with E-state index in [0.29, 0.717) is 0 Å². The van der Waals surface area contributed by atoms with Crippen LogP contribution in [0.5, 0.6) is 0 Å². The first-order valence-corrected chi connectivity index (χ1v) is 7.11. The zero-order chi connectivity index (χ0) is 14.5. The normalized spacial score (nSPS) is 12.4. The van der Waals surface area contributed by atoms with Crippen LogP contribution in [0.4, 0.5) is 4.39 Å². The fraction of sp³-hybridized carbons (Fsp3) is 0.312. The zero-order valence-electron chi connectivity index (χ0n) is 11.7. The van der Waals surface area contributed by atoms with Gasteiger partial charge in [-0.3, -0.25) is 4.98 Å². The van der Waals surface area contributed by atoms with E-state index >= 15 is 0 Å². The maximum absolute atomic E-state index is 13.7. The molecule has 4 heteroatoms. The first-order valence-electron chi connectivity index (χ1n) is 6.73. The highest BCUT2D eigenvalue weighted by atomic mass is 35.5. The lowest BCUT2D eigenvalue weighted by atomic mass is 9.99. The predicted octanol–water partition coefficient (Wildman–Crippen LogP) is 4.27. The second-order valence-electron chi connectivity index (χ2n) is 4.76. The summed E-state index contributed by atoms with van der Waals surface area (Å²) in [5.41, 5.74) is 2.68. The summed E-state index contributed by atoms with van der Waals surface area (Å²) in [6.45, 7) is 4.85. The quantitative estimate of drug-likeness (QED) is 0.890. The second-order valence-corrected chi connectivity index (χ2v) is 5.14. The summed E-state index contributed by atoms with van der Waals surface area (Å²) in [4.78, 5) is 4.31. The topological polar surface area (TPSA) is 24.9 Å². The van der Waals surface area contributed by atoms with Gasteiger partial charge in [0.2, 0.25) is 0 Å². The van der Waals surface area contributed by atoms with E-state index in [0.717, 1.165) is 29.8 Å². The minimum atomic E-state index is -0.396. The highest BCUT2D eigenvalue weighted by Crippen LogP contribution is 2.29. The van der Waals surface area contributed by atoms with Crippen LogP contribution in [0.1, 0.15) is 36.2 Å². The molecule has 1 unspecified atom stereocenters. The molecule has 1 aromatic heterocycles. The van der Waals surface area contributed by atoms with E-state index in [9.17, 15) is 4.39 Å². The molecule has 1 aromatic carbocycles. The minimum absolute atomic E-state index is 0.147. The molecule has 0 radical (unpaired) electrons. The molecule has 0 aliphatic rings. The molecule has 2 aromatic rings. The smallest absolute Gasteiger partial charge is 0.142 e. The maximum Gasteiger partial charge on any atom is 0.142 e. The van der Waals surface area contributed by atoms with Gasteiger partial charge in [0.1, 0.15) is 5.82 Å². The molecule has 20 heavy (non-hydrogen) atoms. The SMILES string of the molecule is CCCNC(c1ccc(C)nc1)c1cccc(F)c1Cl. The Morgan fingerprint density at radius 3 is 2.75 bits per heavy atom. The molecule has 106 valence electrons. The number of hydrogen-bond donors (Lipinski definition) is 1. The highest BCUT2D eigenvalue weighted by molar-refractivity contribution is 6.31. The van der Waals surface area contributed by atoms with Crippen LogP contribution in [0.2, 0.25) is 5.02 Å². The lowest BCUT2D eigenvalue weighted by Gasteiger charge is -2.20. The Bertz CT molecular complexity index is 569. The Balaban J connectivity index is 2.41. The molecular weight excluding hydrogens is 275 g/mol. The summed E-state index contributed by atoms with van der Waals surface area (Å²) < 4.78 is 13.7. The summed E-state index contributed by atoms with van der Waals surface area (Å²) in [6.07, 6.45) is 2.80. The number of halogens is 2. The van der Waals surface area contributed by atoms with Crippen LogP contribution in [0.15, 0.2) is 36.5 Å². The molecule has 0 bridgehead atoms. The average molecular weight is 293 g/mol. The molecule has 0 aliphatic carbocycles. The summed E-state index contributed by atoms with van der Waals surface area (Å²) in [6, 6.07) is 8.69. The van der Waals surface area contributed by atoms with E-state index in [1.165, 1.54) is 6.07 Å². The molecule has 0 saturated carbocycles. The van der Waals surface area contributed by atoms with Crippen LogP contribution in [-0.4, -0.2) is 11.5 Å². The van der Waals surface area contributed by atoms with Crippen molar-refractivity contribution in [1.29, 1.82) is 0 Å². The lowest BCUT2D eigenvalue weighted by molar-refractivity contribution is 0.584. The van der Waals surface area contributed by atoms with E-state index in [1.54, 1.807) is 6.07 Å². The molecule has 0 fully saturated rings. The summed E-state index contributed by atoms with van der Waals surface area (Å²) in [5, 5.41) is 3.57. The highest BCUT2D eigenvalue weighted by Gasteiger charge is 2.18. The van der Waals surface area contributed by atoms with Gasteiger partial charge in [0, 0.05) is 11.9 Å². The van der Waals surface area contributed by atoms with Gasteiger partial charge in [0.25, 0.3) is 0 Å². The number of benzene rings is 1. The van der Waals surface area contributed by atoms with Crippen molar-refractivity contribution in [2.24, 2.45) is 0 Å². The number of aryl methyl sites for hydroxylation is 1. The van der Waals surface area contributed by atoms with E-state index < -0.39 is 5.82 Å². The fourth-order valence-corrected chi connectivity index (χ4v) is 2.32. The molecule has 0 amide bonds. The van der Waals surface area contributed by atoms with Crippen molar-refractivity contribution in [1.82, 2.24) is 10.3 Å². The Morgan fingerprint density at radius 1 is 1.30 bits per heavy atom. The fourth-order valence-electron chi connectivity index (χ4n) is 2.09. The van der Waals surface area contributed by atoms with Crippen molar-refractivity contribution in [2.45, 2.75) is 26.3 Å². The largest absolute Gasteiger partial charge is 0.306 e. The van der Waals surface area contributed by atoms with Crippen molar-refractivity contribution in [3.63, 3.8) is 0 Å². The number of aromatic nitrogens is 1. The Kier molecular flexibility index (Phi) is 5.10. The van der Waals surface area contributed by atoms with Gasteiger partial charge in [0.15, 0.2) is 0 Å². The van der Waals surface area contributed by atoms with Crippen LogP contribution in [0, 0.1) is 12.7 Å². The third-order valence-electron chi connectivity index (χ3n) is 3.16. The molecule has 1 N–H and O–H groups in total. The Labute approximate surface area is 124 Å². The van der Waals surface area contributed by atoms with Crippen LogP contribution >= 0.6 is 11.6 Å². The number of rotatable bonds is 5. The molecule has 0 spiro atoms. The predicted molar refractivity (Wildman–Crippen MR) is 80.5 cm³/mol. The second kappa shape index (κ2) is 6.82. The standard InChI is InChI=1S/C16H18ClFN2/c1-3-9-19-16(12-8-7-11(2)20-10-12)13-5-4-6-14(18)15(13)17/h4-8,10,16,19H,3,9H2,1-2H3. The molecule has 2 nitrogen and oxygen atoms in total. The number of hydrogen-bond acceptors (Lipinski definition) is 2. The minimum Gasteiger partial charge on any atom is -0.306 e. The van der Waals surface area contributed by atoms with Crippen molar-refractivity contribution in [3.05, 3.63) is 64.2 Å². The third-order valence-corrected chi connectivity index (χ3v) is 3.56.